The van der Waals surface area contributed by atoms with Gasteiger partial charge in [-0.2, -0.15) is 0 Å². The van der Waals surface area contributed by atoms with Crippen LogP contribution in [0.5, 0.6) is 0 Å². The quantitative estimate of drug-likeness (QED) is 0.253. The summed E-state index contributed by atoms with van der Waals surface area (Å²) in [4.78, 5) is 44.5. The first-order valence-corrected chi connectivity index (χ1v) is 13.9. The van der Waals surface area contributed by atoms with Crippen molar-refractivity contribution >= 4 is 50.7 Å². The molecule has 4 aromatic rings. The molecule has 1 aliphatic rings. The van der Waals surface area contributed by atoms with Gasteiger partial charge >= 0.3 is 0 Å². The van der Waals surface area contributed by atoms with E-state index in [0.717, 1.165) is 15.6 Å². The fraction of sp³-hybridized carbons (Fsp3) is 0.156. The molecule has 0 saturated heterocycles. The summed E-state index contributed by atoms with van der Waals surface area (Å²) in [5.74, 6) is -3.31. The summed E-state index contributed by atoms with van der Waals surface area (Å²) >= 11 is 3.44. The van der Waals surface area contributed by atoms with Crippen molar-refractivity contribution in [2.45, 2.75) is 26.1 Å². The van der Waals surface area contributed by atoms with Crippen molar-refractivity contribution in [3.63, 3.8) is 0 Å². The predicted octanol–water partition coefficient (Wildman–Crippen LogP) is 5.58. The van der Waals surface area contributed by atoms with Gasteiger partial charge in [-0.25, -0.2) is 4.39 Å². The Balaban J connectivity index is 1.52. The Labute approximate surface area is 245 Å². The summed E-state index contributed by atoms with van der Waals surface area (Å²) in [6.45, 7) is 0.479. The molecule has 0 fully saturated rings. The van der Waals surface area contributed by atoms with Crippen molar-refractivity contribution in [3.05, 3.63) is 124 Å². The van der Waals surface area contributed by atoms with E-state index in [1.165, 1.54) is 11.0 Å². The number of halogens is 2. The number of nitrogens with zero attached hydrogens (tertiary/aromatic N) is 2. The highest BCUT2D eigenvalue weighted by atomic mass is 79.9. The average molecular weight is 616 g/mol. The highest BCUT2D eigenvalue weighted by Gasteiger charge is 2.42. The molecule has 9 heteroatoms. The van der Waals surface area contributed by atoms with Gasteiger partial charge in [0, 0.05) is 35.2 Å². The molecule has 0 aromatic heterocycles. The summed E-state index contributed by atoms with van der Waals surface area (Å²) in [5, 5.41) is 2.67. The molecule has 3 N–H and O–H groups in total. The number of hydrogen-bond acceptors (Lipinski definition) is 4. The lowest BCUT2D eigenvalue weighted by atomic mass is 10.0. The van der Waals surface area contributed by atoms with Crippen LogP contribution in [-0.4, -0.2) is 17.7 Å². The molecule has 0 spiro atoms. The number of nitrogens with one attached hydrogen (secondary N) is 1. The lowest BCUT2D eigenvalue weighted by molar-refractivity contribution is -0.136. The van der Waals surface area contributed by atoms with E-state index in [1.807, 2.05) is 42.5 Å². The monoisotopic (exact) mass is 614 g/mol. The first kappa shape index (κ1) is 28.2. The third kappa shape index (κ3) is 6.21. The first-order valence-electron chi connectivity index (χ1n) is 13.1. The van der Waals surface area contributed by atoms with Gasteiger partial charge < -0.3 is 16.0 Å². The van der Waals surface area contributed by atoms with Crippen LogP contribution < -0.4 is 20.9 Å². The van der Waals surface area contributed by atoms with Crippen molar-refractivity contribution in [3.8, 4) is 0 Å². The molecule has 0 aliphatic carbocycles. The van der Waals surface area contributed by atoms with Gasteiger partial charge in [0.2, 0.25) is 17.7 Å². The zero-order chi connectivity index (χ0) is 28.9. The Bertz CT molecular complexity index is 1580. The number of para-hydroxylation sites is 2. The van der Waals surface area contributed by atoms with E-state index in [9.17, 15) is 18.8 Å². The molecule has 1 atom stereocenters. The number of carbonyl (C=O) groups excluding carboxylic acids is 3. The van der Waals surface area contributed by atoms with Crippen LogP contribution in [0.15, 0.2) is 102 Å². The van der Waals surface area contributed by atoms with Crippen molar-refractivity contribution < 1.29 is 18.8 Å². The number of fused-ring (bicyclic) bond motifs is 1. The minimum Gasteiger partial charge on any atom is -0.352 e. The Morgan fingerprint density at radius 3 is 2.15 bits per heavy atom. The number of hydrogen-bond donors (Lipinski definition) is 2. The van der Waals surface area contributed by atoms with Crippen LogP contribution in [0.1, 0.15) is 23.1 Å². The second kappa shape index (κ2) is 12.4. The number of nitrogens with two attached hydrogens (primary N) is 1. The predicted molar refractivity (Wildman–Crippen MR) is 160 cm³/mol. The molecule has 208 valence electrons. The summed E-state index contributed by atoms with van der Waals surface area (Å²) in [7, 11) is 0. The second-order valence-corrected chi connectivity index (χ2v) is 10.6. The van der Waals surface area contributed by atoms with Crippen LogP contribution >= 0.6 is 15.9 Å². The Morgan fingerprint density at radius 1 is 0.829 bits per heavy atom. The minimum absolute atomic E-state index is 0.0618. The Morgan fingerprint density at radius 2 is 1.46 bits per heavy atom. The molecule has 1 unspecified atom stereocenters. The molecule has 5 rings (SSSR count). The van der Waals surface area contributed by atoms with Crippen LogP contribution in [0, 0.1) is 11.7 Å². The van der Waals surface area contributed by atoms with Crippen LogP contribution in [0.2, 0.25) is 0 Å². The highest BCUT2D eigenvalue weighted by molar-refractivity contribution is 9.10. The maximum absolute atomic E-state index is 14.2. The molecule has 4 aromatic carbocycles. The Hall–Kier alpha value is -4.34. The van der Waals surface area contributed by atoms with E-state index in [2.05, 4.69) is 21.2 Å². The van der Waals surface area contributed by atoms with Crippen LogP contribution in [0.3, 0.4) is 0 Å². The molecule has 1 aliphatic heterocycles. The molecule has 0 saturated carbocycles. The van der Waals surface area contributed by atoms with Crippen LogP contribution in [-0.2, 0) is 34.0 Å². The van der Waals surface area contributed by atoms with Gasteiger partial charge in [0.15, 0.2) is 0 Å². The maximum atomic E-state index is 14.2. The zero-order valence-corrected chi connectivity index (χ0v) is 23.7. The SMILES string of the molecule is NCc1ccc(N2C(=O)C(CC(=O)NCc3ccccc3F)C(=O)N(Cc3ccc(Br)cc3)c3ccccc32)cc1. The topological polar surface area (TPSA) is 95.7 Å². The van der Waals surface area contributed by atoms with E-state index in [4.69, 9.17) is 5.73 Å². The van der Waals surface area contributed by atoms with Gasteiger partial charge in [-0.1, -0.05) is 70.5 Å². The summed E-state index contributed by atoms with van der Waals surface area (Å²) < 4.78 is 15.0. The number of carbonyl (C=O) groups is 3. The number of benzene rings is 4. The molecular formula is C32H28BrFN4O3. The van der Waals surface area contributed by atoms with E-state index in [-0.39, 0.29) is 13.1 Å². The fourth-order valence-electron chi connectivity index (χ4n) is 4.82. The van der Waals surface area contributed by atoms with Gasteiger partial charge in [-0.3, -0.25) is 19.3 Å². The standard InChI is InChI=1S/C32H28BrFN4O3/c33-24-13-9-22(10-14-24)20-37-28-7-3-4-8-29(28)38(25-15-11-21(18-35)12-16-25)32(41)26(31(37)40)17-30(39)36-19-23-5-1-2-6-27(23)34/h1-16,26H,17-20,35H2,(H,36,39). The fourth-order valence-corrected chi connectivity index (χ4v) is 5.08. The Kier molecular flexibility index (Phi) is 8.56. The van der Waals surface area contributed by atoms with Crippen molar-refractivity contribution in [1.82, 2.24) is 5.32 Å². The average Bonchev–Trinajstić information content (AvgIpc) is 3.07. The molecule has 0 radical (unpaired) electrons. The van der Waals surface area contributed by atoms with Crippen molar-refractivity contribution in [2.75, 3.05) is 9.80 Å². The van der Waals surface area contributed by atoms with Gasteiger partial charge in [-0.05, 0) is 53.6 Å². The smallest absolute Gasteiger partial charge is 0.244 e. The van der Waals surface area contributed by atoms with Crippen molar-refractivity contribution in [1.29, 1.82) is 0 Å². The van der Waals surface area contributed by atoms with E-state index >= 15 is 0 Å². The lowest BCUT2D eigenvalue weighted by Crippen LogP contribution is -2.43. The van der Waals surface area contributed by atoms with Gasteiger partial charge in [0.25, 0.3) is 0 Å². The molecule has 0 bridgehead atoms. The largest absolute Gasteiger partial charge is 0.352 e. The number of rotatable bonds is 8. The summed E-state index contributed by atoms with van der Waals surface area (Å²) in [6.07, 6.45) is -0.395. The molecule has 1 heterocycles. The maximum Gasteiger partial charge on any atom is 0.244 e. The molecular weight excluding hydrogens is 587 g/mol. The van der Waals surface area contributed by atoms with Gasteiger partial charge in [0.05, 0.1) is 17.9 Å². The van der Waals surface area contributed by atoms with Crippen LogP contribution in [0.25, 0.3) is 0 Å². The highest BCUT2D eigenvalue weighted by Crippen LogP contribution is 2.40. The second-order valence-electron chi connectivity index (χ2n) is 9.71. The van der Waals surface area contributed by atoms with Crippen LogP contribution in [0.4, 0.5) is 21.5 Å². The van der Waals surface area contributed by atoms with E-state index < -0.39 is 35.9 Å². The number of amides is 3. The normalized spacial score (nSPS) is 15.0. The first-order chi connectivity index (χ1) is 19.9. The summed E-state index contributed by atoms with van der Waals surface area (Å²) in [5.41, 5.74) is 9.46. The third-order valence-corrected chi connectivity index (χ3v) is 7.53. The molecule has 41 heavy (non-hydrogen) atoms. The van der Waals surface area contributed by atoms with Gasteiger partial charge in [0.1, 0.15) is 11.7 Å². The van der Waals surface area contributed by atoms with E-state index in [1.54, 1.807) is 53.4 Å². The van der Waals surface area contributed by atoms with E-state index in [0.29, 0.717) is 29.2 Å². The molecule has 7 nitrogen and oxygen atoms in total. The number of anilines is 3. The summed E-state index contributed by atoms with van der Waals surface area (Å²) in [6, 6.07) is 28.1. The third-order valence-electron chi connectivity index (χ3n) is 7.00. The minimum atomic E-state index is -1.31. The zero-order valence-electron chi connectivity index (χ0n) is 22.1. The van der Waals surface area contributed by atoms with Gasteiger partial charge in [-0.15, -0.1) is 0 Å². The molecule has 3 amide bonds. The lowest BCUT2D eigenvalue weighted by Gasteiger charge is -2.26. The van der Waals surface area contributed by atoms with Crippen molar-refractivity contribution in [2.24, 2.45) is 11.7 Å².